The molecule has 0 radical (unpaired) electrons. The topological polar surface area (TPSA) is 78.0 Å². The van der Waals surface area contributed by atoms with Gasteiger partial charge in [-0.05, 0) is 24.4 Å². The van der Waals surface area contributed by atoms with Crippen molar-refractivity contribution in [2.45, 2.75) is 5.54 Å². The van der Waals surface area contributed by atoms with Crippen molar-refractivity contribution < 1.29 is 9.90 Å². The van der Waals surface area contributed by atoms with Crippen LogP contribution in [-0.2, 0) is 10.3 Å². The van der Waals surface area contributed by atoms with Crippen LogP contribution < -0.4 is 5.32 Å². The quantitative estimate of drug-likeness (QED) is 0.630. The highest BCUT2D eigenvalue weighted by Crippen LogP contribution is 2.23. The number of dihydropyridines is 1. The van der Waals surface area contributed by atoms with E-state index in [9.17, 15) is 4.79 Å². The number of nitrogens with one attached hydrogen (secondary N) is 2. The third-order valence-corrected chi connectivity index (χ3v) is 2.13. The van der Waals surface area contributed by atoms with Crippen LogP contribution in [0.2, 0.25) is 0 Å². The Bertz CT molecular complexity index is 394. The Balaban J connectivity index is 2.47. The number of nitrogens with zero attached hydrogens (tertiary/aromatic N) is 1. The maximum atomic E-state index is 11.2. The van der Waals surface area contributed by atoms with Crippen molar-refractivity contribution in [1.29, 1.82) is 0 Å². The minimum Gasteiger partial charge on any atom is -0.479 e. The lowest BCUT2D eigenvalue weighted by molar-refractivity contribution is -0.142. The smallest absolute Gasteiger partial charge is 0.339 e. The molecule has 0 fully saturated rings. The zero-order valence-corrected chi connectivity index (χ0v) is 7.27. The molecule has 5 heteroatoms. The fourth-order valence-corrected chi connectivity index (χ4v) is 1.37. The van der Waals surface area contributed by atoms with Crippen LogP contribution in [0.4, 0.5) is 0 Å². The molecular weight excluding hydrogens is 182 g/mol. The van der Waals surface area contributed by atoms with Crippen molar-refractivity contribution in [3.63, 3.8) is 0 Å². The summed E-state index contributed by atoms with van der Waals surface area (Å²) in [5, 5.41) is 18.4. The molecule has 0 aromatic carbocycles. The van der Waals surface area contributed by atoms with Gasteiger partial charge in [-0.25, -0.2) is 4.79 Å². The van der Waals surface area contributed by atoms with Crippen molar-refractivity contribution in [2.75, 3.05) is 0 Å². The second kappa shape index (κ2) is 3.02. The number of hydrogen-bond acceptors (Lipinski definition) is 3. The van der Waals surface area contributed by atoms with E-state index in [0.29, 0.717) is 5.69 Å². The van der Waals surface area contributed by atoms with E-state index in [1.54, 1.807) is 30.5 Å². The lowest BCUT2D eigenvalue weighted by atomic mass is 9.93. The molecule has 2 rings (SSSR count). The molecule has 0 saturated heterocycles. The Hall–Kier alpha value is -2.04. The molecule has 0 spiro atoms. The Labute approximate surface area is 80.1 Å². The third kappa shape index (κ3) is 1.10. The minimum atomic E-state index is -1.22. The van der Waals surface area contributed by atoms with E-state index >= 15 is 0 Å². The normalized spacial score (nSPS) is 24.6. The summed E-state index contributed by atoms with van der Waals surface area (Å²) >= 11 is 0. The van der Waals surface area contributed by atoms with Gasteiger partial charge in [0, 0.05) is 6.20 Å². The summed E-state index contributed by atoms with van der Waals surface area (Å²) in [4.78, 5) is 11.2. The van der Waals surface area contributed by atoms with Crippen LogP contribution in [0.5, 0.6) is 0 Å². The first-order valence-electron chi connectivity index (χ1n) is 4.11. The monoisotopic (exact) mass is 191 g/mol. The van der Waals surface area contributed by atoms with E-state index in [2.05, 4.69) is 15.5 Å². The summed E-state index contributed by atoms with van der Waals surface area (Å²) < 4.78 is 0. The van der Waals surface area contributed by atoms with Crippen molar-refractivity contribution in [1.82, 2.24) is 15.5 Å². The van der Waals surface area contributed by atoms with Crippen LogP contribution in [0.1, 0.15) is 5.69 Å². The molecule has 0 aliphatic carbocycles. The molecule has 0 amide bonds. The van der Waals surface area contributed by atoms with Crippen molar-refractivity contribution >= 4 is 5.97 Å². The fraction of sp³-hybridized carbons (Fsp3) is 0.111. The van der Waals surface area contributed by atoms with Gasteiger partial charge >= 0.3 is 5.97 Å². The molecule has 0 saturated carbocycles. The number of allylic oxidation sites excluding steroid dienone is 2. The molecular formula is C9H9N3O2. The van der Waals surface area contributed by atoms with Gasteiger partial charge in [0.05, 0.1) is 5.69 Å². The van der Waals surface area contributed by atoms with Gasteiger partial charge in [-0.2, -0.15) is 5.10 Å². The second-order valence-corrected chi connectivity index (χ2v) is 2.95. The molecule has 0 bridgehead atoms. The molecule has 14 heavy (non-hydrogen) atoms. The fourth-order valence-electron chi connectivity index (χ4n) is 1.37. The maximum Gasteiger partial charge on any atom is 0.339 e. The van der Waals surface area contributed by atoms with Crippen LogP contribution in [-0.4, -0.2) is 21.3 Å². The molecule has 3 N–H and O–H groups in total. The number of H-pyrrole nitrogens is 1. The number of carbonyl (C=O) groups is 1. The summed E-state index contributed by atoms with van der Waals surface area (Å²) in [6.07, 6.45) is 8.11. The molecule has 1 aliphatic heterocycles. The predicted octanol–water partition coefficient (Wildman–Crippen LogP) is 0.363. The summed E-state index contributed by atoms with van der Waals surface area (Å²) in [5.41, 5.74) is -0.712. The average molecular weight is 191 g/mol. The number of hydrogen-bond donors (Lipinski definition) is 3. The molecule has 1 atom stereocenters. The zero-order chi connectivity index (χ0) is 10.0. The highest BCUT2D eigenvalue weighted by atomic mass is 16.4. The molecule has 72 valence electrons. The lowest BCUT2D eigenvalue weighted by Gasteiger charge is -2.26. The second-order valence-electron chi connectivity index (χ2n) is 2.95. The Morgan fingerprint density at radius 1 is 1.50 bits per heavy atom. The summed E-state index contributed by atoms with van der Waals surface area (Å²) in [5.74, 6) is -0.970. The van der Waals surface area contributed by atoms with E-state index < -0.39 is 11.5 Å². The number of rotatable bonds is 2. The van der Waals surface area contributed by atoms with E-state index in [1.165, 1.54) is 6.20 Å². The van der Waals surface area contributed by atoms with Gasteiger partial charge < -0.3 is 10.4 Å². The highest BCUT2D eigenvalue weighted by Gasteiger charge is 2.39. The molecule has 2 heterocycles. The Morgan fingerprint density at radius 3 is 2.86 bits per heavy atom. The van der Waals surface area contributed by atoms with Crippen molar-refractivity contribution in [3.8, 4) is 0 Å². The van der Waals surface area contributed by atoms with E-state index in [-0.39, 0.29) is 0 Å². The van der Waals surface area contributed by atoms with Crippen LogP contribution in [0, 0.1) is 0 Å². The van der Waals surface area contributed by atoms with Crippen LogP contribution >= 0.6 is 0 Å². The van der Waals surface area contributed by atoms with E-state index in [0.717, 1.165) is 0 Å². The van der Waals surface area contributed by atoms with Gasteiger partial charge in [0.2, 0.25) is 0 Å². The SMILES string of the molecule is O=C(O)C1(c2ccn[nH]2)C=CC=CN1. The Kier molecular flexibility index (Phi) is 1.85. The molecule has 1 unspecified atom stereocenters. The van der Waals surface area contributed by atoms with E-state index in [1.807, 2.05) is 0 Å². The van der Waals surface area contributed by atoms with Crippen LogP contribution in [0.3, 0.4) is 0 Å². The largest absolute Gasteiger partial charge is 0.479 e. The first-order valence-corrected chi connectivity index (χ1v) is 4.11. The first-order chi connectivity index (χ1) is 6.76. The summed E-state index contributed by atoms with van der Waals surface area (Å²) in [6, 6.07) is 1.63. The molecule has 1 aliphatic rings. The minimum absolute atomic E-state index is 0.505. The Morgan fingerprint density at radius 2 is 2.36 bits per heavy atom. The standard InChI is InChI=1S/C9H9N3O2/c13-8(14)9(4-1-2-5-10-9)7-3-6-11-12-7/h1-6,10H,(H,11,12)(H,13,14). The van der Waals surface area contributed by atoms with Crippen molar-refractivity contribution in [2.24, 2.45) is 0 Å². The van der Waals surface area contributed by atoms with E-state index in [4.69, 9.17) is 5.11 Å². The van der Waals surface area contributed by atoms with Gasteiger partial charge in [0.15, 0.2) is 5.54 Å². The van der Waals surface area contributed by atoms with Gasteiger partial charge in [0.1, 0.15) is 0 Å². The van der Waals surface area contributed by atoms with Crippen LogP contribution in [0.15, 0.2) is 36.7 Å². The summed E-state index contributed by atoms with van der Waals surface area (Å²) in [6.45, 7) is 0. The van der Waals surface area contributed by atoms with Gasteiger partial charge in [-0.1, -0.05) is 6.08 Å². The lowest BCUT2D eigenvalue weighted by Crippen LogP contribution is -2.46. The molecule has 5 nitrogen and oxygen atoms in total. The number of aromatic amines is 1. The number of aromatic nitrogens is 2. The van der Waals surface area contributed by atoms with Crippen LogP contribution in [0.25, 0.3) is 0 Å². The maximum absolute atomic E-state index is 11.2. The van der Waals surface area contributed by atoms with Gasteiger partial charge in [-0.3, -0.25) is 5.10 Å². The third-order valence-electron chi connectivity index (χ3n) is 2.13. The highest BCUT2D eigenvalue weighted by molar-refractivity contribution is 5.83. The van der Waals surface area contributed by atoms with Crippen molar-refractivity contribution in [3.05, 3.63) is 42.4 Å². The zero-order valence-electron chi connectivity index (χ0n) is 7.27. The van der Waals surface area contributed by atoms with Gasteiger partial charge in [0.25, 0.3) is 0 Å². The number of carboxylic acids is 1. The summed E-state index contributed by atoms with van der Waals surface area (Å²) in [7, 11) is 0. The molecule has 1 aromatic heterocycles. The first kappa shape index (κ1) is 8.55. The number of carboxylic acid groups (broad SMARTS) is 1. The van der Waals surface area contributed by atoms with Gasteiger partial charge in [-0.15, -0.1) is 0 Å². The average Bonchev–Trinajstić information content (AvgIpc) is 2.72. The number of aliphatic carboxylic acids is 1. The molecule has 1 aromatic rings. The predicted molar refractivity (Wildman–Crippen MR) is 49.3 cm³/mol.